The molecule has 1 fully saturated rings. The summed E-state index contributed by atoms with van der Waals surface area (Å²) in [5, 5.41) is 11.7. The number of hydrogen-bond acceptors (Lipinski definition) is 4. The van der Waals surface area contributed by atoms with E-state index in [0.29, 0.717) is 35.9 Å². The zero-order valence-corrected chi connectivity index (χ0v) is 17.9. The molecular formula is C23H27ClFNO4. The van der Waals surface area contributed by atoms with E-state index in [9.17, 15) is 14.3 Å². The molecule has 0 bridgehead atoms. The van der Waals surface area contributed by atoms with Crippen LogP contribution in [0.1, 0.15) is 26.7 Å². The molecule has 0 spiro atoms. The number of carbonyl (C=O) groups is 1. The number of halogens is 2. The summed E-state index contributed by atoms with van der Waals surface area (Å²) < 4.78 is 24.8. The molecule has 1 saturated heterocycles. The lowest BCUT2D eigenvalue weighted by atomic mass is 9.81. The Hall–Kier alpha value is -2.31. The van der Waals surface area contributed by atoms with Gasteiger partial charge in [0.2, 0.25) is 0 Å². The molecule has 2 aromatic rings. The van der Waals surface area contributed by atoms with Crippen molar-refractivity contribution in [2.45, 2.75) is 38.4 Å². The number of aliphatic hydroxyl groups is 1. The van der Waals surface area contributed by atoms with Gasteiger partial charge in [-0.25, -0.2) is 4.39 Å². The van der Waals surface area contributed by atoms with E-state index >= 15 is 0 Å². The van der Waals surface area contributed by atoms with Gasteiger partial charge in [0.25, 0.3) is 5.91 Å². The van der Waals surface area contributed by atoms with Crippen LogP contribution < -0.4 is 9.47 Å². The molecule has 0 radical (unpaired) electrons. The number of carbonyl (C=O) groups excluding carboxylic acids is 1. The molecule has 0 aromatic heterocycles. The Labute approximate surface area is 181 Å². The second-order valence-corrected chi connectivity index (χ2v) is 8.48. The fraction of sp³-hybridized carbons (Fsp3) is 0.435. The first-order valence-electron chi connectivity index (χ1n) is 10.1. The summed E-state index contributed by atoms with van der Waals surface area (Å²) in [6.45, 7) is 4.52. The van der Waals surface area contributed by atoms with Crippen LogP contribution in [-0.2, 0) is 4.79 Å². The summed E-state index contributed by atoms with van der Waals surface area (Å²) in [6, 6.07) is 12.6. The highest BCUT2D eigenvalue weighted by molar-refractivity contribution is 6.32. The van der Waals surface area contributed by atoms with Gasteiger partial charge >= 0.3 is 0 Å². The molecule has 1 aliphatic heterocycles. The maximum absolute atomic E-state index is 13.2. The van der Waals surface area contributed by atoms with E-state index < -0.39 is 11.7 Å². The van der Waals surface area contributed by atoms with Crippen LogP contribution in [0.25, 0.3) is 0 Å². The van der Waals surface area contributed by atoms with E-state index in [1.54, 1.807) is 29.2 Å². The Bertz CT molecular complexity index is 861. The Morgan fingerprint density at radius 1 is 1.27 bits per heavy atom. The molecule has 5 nitrogen and oxygen atoms in total. The van der Waals surface area contributed by atoms with Crippen molar-refractivity contribution in [2.75, 3.05) is 19.7 Å². The normalized spacial score (nSPS) is 21.5. The third kappa shape index (κ3) is 5.64. The van der Waals surface area contributed by atoms with Crippen molar-refractivity contribution in [3.8, 4) is 11.5 Å². The van der Waals surface area contributed by atoms with Crippen molar-refractivity contribution in [1.29, 1.82) is 0 Å². The Balaban J connectivity index is 1.69. The number of ether oxygens (including phenoxy) is 2. The summed E-state index contributed by atoms with van der Waals surface area (Å²) in [7, 11) is 0. The maximum Gasteiger partial charge on any atom is 0.260 e. The van der Waals surface area contributed by atoms with Crippen LogP contribution >= 0.6 is 11.6 Å². The molecule has 1 aliphatic rings. The molecule has 0 saturated carbocycles. The molecule has 1 N–H and O–H groups in total. The van der Waals surface area contributed by atoms with Crippen LogP contribution in [0.2, 0.25) is 5.02 Å². The van der Waals surface area contributed by atoms with E-state index in [0.717, 1.165) is 0 Å². The molecule has 0 unspecified atom stereocenters. The second-order valence-electron chi connectivity index (χ2n) is 8.07. The smallest absolute Gasteiger partial charge is 0.260 e. The van der Waals surface area contributed by atoms with Gasteiger partial charge in [-0.2, -0.15) is 0 Å². The van der Waals surface area contributed by atoms with Crippen LogP contribution in [-0.4, -0.2) is 47.3 Å². The monoisotopic (exact) mass is 435 g/mol. The molecule has 0 aliphatic carbocycles. The fourth-order valence-electron chi connectivity index (χ4n) is 3.73. The van der Waals surface area contributed by atoms with Crippen molar-refractivity contribution in [3.05, 3.63) is 59.4 Å². The van der Waals surface area contributed by atoms with E-state index in [-0.39, 0.29) is 30.8 Å². The average molecular weight is 436 g/mol. The molecule has 3 rings (SSSR count). The zero-order chi connectivity index (χ0) is 21.7. The van der Waals surface area contributed by atoms with E-state index in [4.69, 9.17) is 21.1 Å². The Kier molecular flexibility index (Phi) is 7.21. The lowest BCUT2D eigenvalue weighted by molar-refractivity contribution is -0.150. The maximum atomic E-state index is 13.2. The lowest BCUT2D eigenvalue weighted by Crippen LogP contribution is -2.60. The number of para-hydroxylation sites is 1. The average Bonchev–Trinajstić information content (AvgIpc) is 2.70. The first kappa shape index (κ1) is 22.4. The number of rotatable bonds is 7. The summed E-state index contributed by atoms with van der Waals surface area (Å²) in [5.41, 5.74) is -1.08. The Morgan fingerprint density at radius 2 is 1.97 bits per heavy atom. The van der Waals surface area contributed by atoms with Crippen molar-refractivity contribution >= 4 is 17.5 Å². The minimum atomic E-state index is -1.08. The van der Waals surface area contributed by atoms with Crippen LogP contribution in [0, 0.1) is 11.7 Å². The number of amides is 1. The topological polar surface area (TPSA) is 59.0 Å². The van der Waals surface area contributed by atoms with Crippen molar-refractivity contribution in [1.82, 2.24) is 4.90 Å². The quantitative estimate of drug-likeness (QED) is 0.703. The first-order valence-corrected chi connectivity index (χ1v) is 10.4. The molecule has 1 heterocycles. The lowest BCUT2D eigenvalue weighted by Gasteiger charge is -2.45. The van der Waals surface area contributed by atoms with Gasteiger partial charge in [0.1, 0.15) is 29.0 Å². The first-order chi connectivity index (χ1) is 14.3. The number of nitrogens with zero attached hydrogens (tertiary/aromatic N) is 1. The molecule has 2 aromatic carbocycles. The van der Waals surface area contributed by atoms with Crippen LogP contribution in [0.5, 0.6) is 11.5 Å². The number of hydrogen-bond donors (Lipinski definition) is 1. The summed E-state index contributed by atoms with van der Waals surface area (Å²) >= 11 is 6.07. The van der Waals surface area contributed by atoms with E-state index in [1.807, 2.05) is 13.8 Å². The largest absolute Gasteiger partial charge is 0.486 e. The van der Waals surface area contributed by atoms with Gasteiger partial charge in [-0.3, -0.25) is 4.79 Å². The van der Waals surface area contributed by atoms with Gasteiger partial charge in [0.15, 0.2) is 6.61 Å². The second kappa shape index (κ2) is 9.67. The molecule has 162 valence electrons. The third-order valence-corrected chi connectivity index (χ3v) is 5.51. The highest BCUT2D eigenvalue weighted by Gasteiger charge is 2.44. The predicted molar refractivity (Wildman–Crippen MR) is 113 cm³/mol. The molecule has 1 amide bonds. The van der Waals surface area contributed by atoms with Crippen molar-refractivity contribution in [2.24, 2.45) is 5.92 Å². The Morgan fingerprint density at radius 3 is 2.63 bits per heavy atom. The molecule has 30 heavy (non-hydrogen) atoms. The number of likely N-dealkylation sites (tertiary alicyclic amines) is 1. The van der Waals surface area contributed by atoms with E-state index in [2.05, 4.69) is 0 Å². The predicted octanol–water partition coefficient (Wildman–Crippen LogP) is 4.32. The van der Waals surface area contributed by atoms with Crippen molar-refractivity contribution in [3.63, 3.8) is 0 Å². The summed E-state index contributed by atoms with van der Waals surface area (Å²) in [4.78, 5) is 14.4. The summed E-state index contributed by atoms with van der Waals surface area (Å²) in [6.07, 6.45) is 0.287. The van der Waals surface area contributed by atoms with Crippen LogP contribution in [0.3, 0.4) is 0 Å². The highest BCUT2D eigenvalue weighted by atomic mass is 35.5. The highest BCUT2D eigenvalue weighted by Crippen LogP contribution is 2.32. The standard InChI is InChI=1S/C23H27ClFNO4/c1-16(2)13-23(28)11-12-26(14-21(23)30-18-9-7-17(25)8-10-18)22(27)15-29-20-6-4-3-5-19(20)24/h3-10,16,21,28H,11-15H2,1-2H3/t21-,23+/m0/s1. The molecule has 7 heteroatoms. The minimum absolute atomic E-state index is 0.157. The number of benzene rings is 2. The van der Waals surface area contributed by atoms with E-state index in [1.165, 1.54) is 24.3 Å². The number of piperidine rings is 1. The van der Waals surface area contributed by atoms with Gasteiger partial charge in [0, 0.05) is 6.54 Å². The van der Waals surface area contributed by atoms with Gasteiger partial charge in [-0.15, -0.1) is 0 Å². The van der Waals surface area contributed by atoms with Crippen LogP contribution in [0.15, 0.2) is 48.5 Å². The van der Waals surface area contributed by atoms with Gasteiger partial charge < -0.3 is 19.5 Å². The minimum Gasteiger partial charge on any atom is -0.486 e. The van der Waals surface area contributed by atoms with Crippen molar-refractivity contribution < 1.29 is 23.8 Å². The molecular weight excluding hydrogens is 409 g/mol. The van der Waals surface area contributed by atoms with Gasteiger partial charge in [-0.05, 0) is 55.2 Å². The summed E-state index contributed by atoms with van der Waals surface area (Å²) in [5.74, 6) is 0.566. The van der Waals surface area contributed by atoms with Gasteiger partial charge in [-0.1, -0.05) is 37.6 Å². The third-order valence-electron chi connectivity index (χ3n) is 5.19. The van der Waals surface area contributed by atoms with Crippen LogP contribution in [0.4, 0.5) is 4.39 Å². The zero-order valence-electron chi connectivity index (χ0n) is 17.2. The SMILES string of the molecule is CC(C)C[C@]1(O)CCN(C(=O)COc2ccccc2Cl)C[C@@H]1Oc1ccc(F)cc1. The van der Waals surface area contributed by atoms with Gasteiger partial charge in [0.05, 0.1) is 11.6 Å². The fourth-order valence-corrected chi connectivity index (χ4v) is 3.93. The molecule has 2 atom stereocenters.